The van der Waals surface area contributed by atoms with E-state index in [1.165, 1.54) is 25.5 Å². The molecule has 4 nitrogen and oxygen atoms in total. The maximum Gasteiger partial charge on any atom is 0.323 e. The lowest BCUT2D eigenvalue weighted by Crippen LogP contribution is -2.24. The van der Waals surface area contributed by atoms with Crippen molar-refractivity contribution < 1.29 is 13.9 Å². The molecule has 5 heteroatoms. The van der Waals surface area contributed by atoms with Gasteiger partial charge in [-0.1, -0.05) is 30.3 Å². The Balaban J connectivity index is 1.95. The maximum atomic E-state index is 13.4. The topological polar surface area (TPSA) is 50.4 Å². The second-order valence-electron chi connectivity index (χ2n) is 4.15. The Kier molecular flexibility index (Phi) is 4.93. The number of nitrogens with one attached hydrogen (secondary N) is 2. The van der Waals surface area contributed by atoms with Crippen LogP contribution in [0.25, 0.3) is 6.08 Å². The molecule has 108 valence electrons. The number of methoxy groups -OCH3 is 1. The summed E-state index contributed by atoms with van der Waals surface area (Å²) in [5, 5.41) is 5.15. The number of amides is 2. The second kappa shape index (κ2) is 7.09. The van der Waals surface area contributed by atoms with Gasteiger partial charge in [0.05, 0.1) is 12.8 Å². The van der Waals surface area contributed by atoms with Crippen LogP contribution < -0.4 is 15.4 Å². The number of benzene rings is 2. The molecule has 0 aromatic heterocycles. The minimum atomic E-state index is -0.438. The van der Waals surface area contributed by atoms with Gasteiger partial charge in [0, 0.05) is 11.8 Å². The summed E-state index contributed by atoms with van der Waals surface area (Å²) in [5.74, 6) is 0.214. The van der Waals surface area contributed by atoms with Crippen LogP contribution in [-0.2, 0) is 0 Å². The first-order valence-electron chi connectivity index (χ1n) is 6.32. The highest BCUT2D eigenvalue weighted by Gasteiger charge is 2.04. The summed E-state index contributed by atoms with van der Waals surface area (Å²) in [5.41, 5.74) is 0.951. The molecule has 0 fully saturated rings. The first-order valence-corrected chi connectivity index (χ1v) is 6.32. The Morgan fingerprint density at radius 3 is 2.62 bits per heavy atom. The number of carbonyl (C=O) groups is 1. The number of hydrogen-bond acceptors (Lipinski definition) is 2. The van der Waals surface area contributed by atoms with Crippen LogP contribution in [0.15, 0.2) is 54.7 Å². The normalized spacial score (nSPS) is 10.4. The highest BCUT2D eigenvalue weighted by atomic mass is 19.1. The third-order valence-corrected chi connectivity index (χ3v) is 2.74. The number of halogens is 1. The van der Waals surface area contributed by atoms with Crippen LogP contribution in [0.1, 0.15) is 5.56 Å². The van der Waals surface area contributed by atoms with Gasteiger partial charge in [0.25, 0.3) is 0 Å². The van der Waals surface area contributed by atoms with Crippen molar-refractivity contribution >= 4 is 17.8 Å². The van der Waals surface area contributed by atoms with Crippen molar-refractivity contribution in [1.29, 1.82) is 0 Å². The van der Waals surface area contributed by atoms with Crippen LogP contribution in [0, 0.1) is 5.82 Å². The van der Waals surface area contributed by atoms with Gasteiger partial charge in [-0.15, -0.1) is 0 Å². The third-order valence-electron chi connectivity index (χ3n) is 2.74. The quantitative estimate of drug-likeness (QED) is 0.901. The number of ether oxygens (including phenoxy) is 1. The van der Waals surface area contributed by atoms with Crippen LogP contribution in [0.4, 0.5) is 14.9 Å². The molecule has 0 saturated heterocycles. The molecular weight excluding hydrogens is 271 g/mol. The zero-order chi connectivity index (χ0) is 15.1. The molecule has 0 atom stereocenters. The predicted octanol–water partition coefficient (Wildman–Crippen LogP) is 3.63. The lowest BCUT2D eigenvalue weighted by atomic mass is 10.2. The van der Waals surface area contributed by atoms with E-state index < -0.39 is 6.03 Å². The van der Waals surface area contributed by atoms with Crippen molar-refractivity contribution in [1.82, 2.24) is 5.32 Å². The molecule has 2 rings (SSSR count). The Hall–Kier alpha value is -2.82. The summed E-state index contributed by atoms with van der Waals surface area (Å²) in [7, 11) is 1.52. The molecule has 2 aromatic carbocycles. The van der Waals surface area contributed by atoms with Crippen LogP contribution in [0.3, 0.4) is 0 Å². The zero-order valence-corrected chi connectivity index (χ0v) is 11.5. The van der Waals surface area contributed by atoms with E-state index >= 15 is 0 Å². The minimum Gasteiger partial charge on any atom is -0.495 e. The Labute approximate surface area is 122 Å². The van der Waals surface area contributed by atoms with Gasteiger partial charge in [-0.2, -0.15) is 0 Å². The Morgan fingerprint density at radius 1 is 1.14 bits per heavy atom. The first-order chi connectivity index (χ1) is 10.2. The molecule has 2 amide bonds. The number of hydrogen-bond donors (Lipinski definition) is 2. The van der Waals surface area contributed by atoms with Gasteiger partial charge in [-0.3, -0.25) is 0 Å². The van der Waals surface area contributed by atoms with Crippen molar-refractivity contribution in [3.05, 3.63) is 66.1 Å². The fourth-order valence-corrected chi connectivity index (χ4v) is 1.72. The molecule has 2 N–H and O–H groups in total. The van der Waals surface area contributed by atoms with Gasteiger partial charge >= 0.3 is 6.03 Å². The Morgan fingerprint density at radius 2 is 1.86 bits per heavy atom. The molecule has 0 unspecified atom stereocenters. The van der Waals surface area contributed by atoms with Gasteiger partial charge in [0.2, 0.25) is 0 Å². The highest BCUT2D eigenvalue weighted by molar-refractivity contribution is 5.91. The molecular formula is C16H15FN2O2. The van der Waals surface area contributed by atoms with E-state index in [1.54, 1.807) is 42.5 Å². The van der Waals surface area contributed by atoms with Gasteiger partial charge in [-0.05, 0) is 24.3 Å². The smallest absolute Gasteiger partial charge is 0.323 e. The molecule has 0 aliphatic carbocycles. The lowest BCUT2D eigenvalue weighted by molar-refractivity contribution is 0.255. The fraction of sp³-hybridized carbons (Fsp3) is 0.0625. The maximum absolute atomic E-state index is 13.4. The number of anilines is 1. The summed E-state index contributed by atoms with van der Waals surface area (Å²) >= 11 is 0. The van der Waals surface area contributed by atoms with Crippen molar-refractivity contribution in [2.24, 2.45) is 0 Å². The summed E-state index contributed by atoms with van der Waals surface area (Å²) in [6.07, 6.45) is 2.86. The number of urea groups is 1. The molecule has 0 bridgehead atoms. The van der Waals surface area contributed by atoms with E-state index in [0.717, 1.165) is 0 Å². The average Bonchev–Trinajstić information content (AvgIpc) is 2.50. The molecule has 0 spiro atoms. The standard InChI is InChI=1S/C16H15FN2O2/c1-21-15-9-5-4-8-14(15)19-16(20)18-11-10-12-6-2-3-7-13(12)17/h2-11H,1H3,(H2,18,19,20)/b11-10+. The predicted molar refractivity (Wildman–Crippen MR) is 80.6 cm³/mol. The minimum absolute atomic E-state index is 0.347. The average molecular weight is 286 g/mol. The van der Waals surface area contributed by atoms with E-state index in [0.29, 0.717) is 17.0 Å². The monoisotopic (exact) mass is 286 g/mol. The largest absolute Gasteiger partial charge is 0.495 e. The van der Waals surface area contributed by atoms with E-state index in [2.05, 4.69) is 10.6 Å². The van der Waals surface area contributed by atoms with Gasteiger partial charge in [0.1, 0.15) is 11.6 Å². The summed E-state index contributed by atoms with van der Waals surface area (Å²) in [6, 6.07) is 12.9. The highest BCUT2D eigenvalue weighted by Crippen LogP contribution is 2.22. The SMILES string of the molecule is COc1ccccc1NC(=O)N/C=C/c1ccccc1F. The molecule has 21 heavy (non-hydrogen) atoms. The Bertz CT molecular complexity index is 656. The molecule has 2 aromatic rings. The van der Waals surface area contributed by atoms with Crippen LogP contribution in [-0.4, -0.2) is 13.1 Å². The molecule has 0 aliphatic rings. The molecule has 0 heterocycles. The van der Waals surface area contributed by atoms with Gasteiger partial charge < -0.3 is 15.4 Å². The van der Waals surface area contributed by atoms with Gasteiger partial charge in [-0.25, -0.2) is 9.18 Å². The van der Waals surface area contributed by atoms with Crippen LogP contribution >= 0.6 is 0 Å². The molecule has 0 radical (unpaired) electrons. The zero-order valence-electron chi connectivity index (χ0n) is 11.5. The van der Waals surface area contributed by atoms with E-state index in [-0.39, 0.29) is 5.82 Å². The van der Waals surface area contributed by atoms with Crippen molar-refractivity contribution in [3.8, 4) is 5.75 Å². The van der Waals surface area contributed by atoms with Crippen molar-refractivity contribution in [2.45, 2.75) is 0 Å². The second-order valence-corrected chi connectivity index (χ2v) is 4.15. The first kappa shape index (κ1) is 14.6. The number of para-hydroxylation sites is 2. The molecule has 0 saturated carbocycles. The van der Waals surface area contributed by atoms with Crippen LogP contribution in [0.2, 0.25) is 0 Å². The fourth-order valence-electron chi connectivity index (χ4n) is 1.72. The van der Waals surface area contributed by atoms with E-state index in [4.69, 9.17) is 4.74 Å². The lowest BCUT2D eigenvalue weighted by Gasteiger charge is -2.09. The summed E-state index contributed by atoms with van der Waals surface area (Å²) < 4.78 is 18.5. The molecule has 0 aliphatic heterocycles. The summed E-state index contributed by atoms with van der Waals surface area (Å²) in [6.45, 7) is 0. The van der Waals surface area contributed by atoms with E-state index in [1.807, 2.05) is 0 Å². The number of rotatable bonds is 4. The third kappa shape index (κ3) is 4.07. The van der Waals surface area contributed by atoms with Crippen molar-refractivity contribution in [3.63, 3.8) is 0 Å². The van der Waals surface area contributed by atoms with Crippen molar-refractivity contribution in [2.75, 3.05) is 12.4 Å². The van der Waals surface area contributed by atoms with Crippen LogP contribution in [0.5, 0.6) is 5.75 Å². The number of carbonyl (C=O) groups excluding carboxylic acids is 1. The summed E-state index contributed by atoms with van der Waals surface area (Å²) in [4.78, 5) is 11.7. The van der Waals surface area contributed by atoms with Gasteiger partial charge in [0.15, 0.2) is 0 Å². The van der Waals surface area contributed by atoms with E-state index in [9.17, 15) is 9.18 Å².